The maximum atomic E-state index is 12.3. The fraction of sp³-hybridized carbons (Fsp3) is 0.263. The summed E-state index contributed by atoms with van der Waals surface area (Å²) in [5.41, 5.74) is 2.00. The van der Waals surface area contributed by atoms with Crippen LogP contribution in [0.1, 0.15) is 33.2 Å². The number of carbonyl (C=O) groups is 2. The first-order chi connectivity index (χ1) is 12.7. The molecule has 6 nitrogen and oxygen atoms in total. The topological polar surface area (TPSA) is 80.8 Å². The number of sulfonamides is 1. The molecule has 0 unspecified atom stereocenters. The molecule has 0 saturated carbocycles. The number of hydrogen-bond acceptors (Lipinski definition) is 5. The van der Waals surface area contributed by atoms with Gasteiger partial charge in [0.1, 0.15) is 0 Å². The number of esters is 1. The smallest absolute Gasteiger partial charge is 0.338 e. The van der Waals surface area contributed by atoms with E-state index in [0.29, 0.717) is 22.7 Å². The molecule has 2 aromatic rings. The number of hydrogen-bond donors (Lipinski definition) is 0. The molecule has 1 heterocycles. The van der Waals surface area contributed by atoms with E-state index >= 15 is 0 Å². The summed E-state index contributed by atoms with van der Waals surface area (Å²) in [7, 11) is -3.39. The molecule has 142 valence electrons. The largest absolute Gasteiger partial charge is 0.454 e. The second-order valence-electron chi connectivity index (χ2n) is 6.46. The number of nitrogens with zero attached hydrogens (tertiary/aromatic N) is 1. The highest BCUT2D eigenvalue weighted by Crippen LogP contribution is 2.34. The van der Waals surface area contributed by atoms with Crippen LogP contribution in [0.15, 0.2) is 42.5 Å². The molecule has 0 N–H and O–H groups in total. The summed E-state index contributed by atoms with van der Waals surface area (Å²) in [6, 6.07) is 10.8. The number of fused-ring (bicyclic) bond motifs is 1. The van der Waals surface area contributed by atoms with Crippen molar-refractivity contribution in [3.05, 3.63) is 64.2 Å². The standard InChI is InChI=1S/C19H18ClNO5S/c1-12-9-15-10-14(5-8-17(15)21(12)27(2,24)25)19(23)26-11-18(22)13-3-6-16(20)7-4-13/h3-8,10,12H,9,11H2,1-2H3/t12-/m1/s1. The highest BCUT2D eigenvalue weighted by atomic mass is 35.5. The van der Waals surface area contributed by atoms with Gasteiger partial charge in [-0.25, -0.2) is 13.2 Å². The Balaban J connectivity index is 1.71. The van der Waals surface area contributed by atoms with Crippen LogP contribution in [0.5, 0.6) is 0 Å². The molecule has 2 aromatic carbocycles. The summed E-state index contributed by atoms with van der Waals surface area (Å²) in [6.45, 7) is 1.42. The van der Waals surface area contributed by atoms with E-state index in [2.05, 4.69) is 0 Å². The van der Waals surface area contributed by atoms with Crippen molar-refractivity contribution in [1.29, 1.82) is 0 Å². The van der Waals surface area contributed by atoms with Crippen LogP contribution in [0.2, 0.25) is 5.02 Å². The van der Waals surface area contributed by atoms with E-state index < -0.39 is 16.0 Å². The van der Waals surface area contributed by atoms with Gasteiger partial charge in [-0.05, 0) is 61.4 Å². The lowest BCUT2D eigenvalue weighted by atomic mass is 10.1. The molecule has 0 bridgehead atoms. The molecule has 0 radical (unpaired) electrons. The molecule has 0 spiro atoms. The van der Waals surface area contributed by atoms with Crippen LogP contribution in [-0.2, 0) is 21.2 Å². The highest BCUT2D eigenvalue weighted by Gasteiger charge is 2.32. The average Bonchev–Trinajstić information content (AvgIpc) is 2.94. The van der Waals surface area contributed by atoms with Crippen LogP contribution in [0.3, 0.4) is 0 Å². The van der Waals surface area contributed by atoms with Gasteiger partial charge in [-0.1, -0.05) is 11.6 Å². The molecule has 3 rings (SSSR count). The van der Waals surface area contributed by atoms with Crippen molar-refractivity contribution in [2.75, 3.05) is 17.2 Å². The predicted octanol–water partition coefficient (Wildman–Crippen LogP) is 3.09. The third-order valence-electron chi connectivity index (χ3n) is 4.33. The Morgan fingerprint density at radius 1 is 1.15 bits per heavy atom. The maximum Gasteiger partial charge on any atom is 0.338 e. The van der Waals surface area contributed by atoms with Gasteiger partial charge in [0.15, 0.2) is 12.4 Å². The minimum absolute atomic E-state index is 0.215. The summed E-state index contributed by atoms with van der Waals surface area (Å²) < 4.78 is 30.3. The number of rotatable bonds is 5. The van der Waals surface area contributed by atoms with E-state index in [1.165, 1.54) is 10.4 Å². The lowest BCUT2D eigenvalue weighted by Crippen LogP contribution is -2.34. The first-order valence-electron chi connectivity index (χ1n) is 8.25. The maximum absolute atomic E-state index is 12.3. The SMILES string of the molecule is C[C@@H]1Cc2cc(C(=O)OCC(=O)c3ccc(Cl)cc3)ccc2N1S(C)(=O)=O. The first-order valence-corrected chi connectivity index (χ1v) is 10.5. The van der Waals surface area contributed by atoms with Crippen LogP contribution >= 0.6 is 11.6 Å². The van der Waals surface area contributed by atoms with E-state index in [1.54, 1.807) is 36.4 Å². The van der Waals surface area contributed by atoms with E-state index in [1.807, 2.05) is 6.92 Å². The Morgan fingerprint density at radius 3 is 2.41 bits per heavy atom. The van der Waals surface area contributed by atoms with Gasteiger partial charge in [-0.2, -0.15) is 0 Å². The first kappa shape index (κ1) is 19.4. The van der Waals surface area contributed by atoms with Gasteiger partial charge >= 0.3 is 5.97 Å². The molecule has 27 heavy (non-hydrogen) atoms. The molecule has 1 atom stereocenters. The van der Waals surface area contributed by atoms with E-state index in [4.69, 9.17) is 16.3 Å². The lowest BCUT2D eigenvalue weighted by Gasteiger charge is -2.21. The van der Waals surface area contributed by atoms with Gasteiger partial charge in [-0.3, -0.25) is 9.10 Å². The molecular formula is C19H18ClNO5S. The number of ether oxygens (including phenoxy) is 1. The quantitative estimate of drug-likeness (QED) is 0.562. The summed E-state index contributed by atoms with van der Waals surface area (Å²) in [6.07, 6.45) is 1.66. The zero-order valence-electron chi connectivity index (χ0n) is 14.8. The van der Waals surface area contributed by atoms with Gasteiger partial charge in [0, 0.05) is 16.6 Å². The second kappa shape index (κ2) is 7.32. The van der Waals surface area contributed by atoms with Crippen molar-refractivity contribution in [1.82, 2.24) is 0 Å². The van der Waals surface area contributed by atoms with Gasteiger partial charge < -0.3 is 4.74 Å². The minimum Gasteiger partial charge on any atom is -0.454 e. The number of anilines is 1. The van der Waals surface area contributed by atoms with Crippen LogP contribution in [-0.4, -0.2) is 39.1 Å². The average molecular weight is 408 g/mol. The highest BCUT2D eigenvalue weighted by molar-refractivity contribution is 7.92. The lowest BCUT2D eigenvalue weighted by molar-refractivity contribution is 0.0474. The summed E-state index contributed by atoms with van der Waals surface area (Å²) in [4.78, 5) is 24.3. The zero-order chi connectivity index (χ0) is 19.8. The third kappa shape index (κ3) is 4.14. The van der Waals surface area contributed by atoms with Crippen molar-refractivity contribution in [3.63, 3.8) is 0 Å². The molecule has 1 aliphatic heterocycles. The van der Waals surface area contributed by atoms with Crippen molar-refractivity contribution in [3.8, 4) is 0 Å². The third-order valence-corrected chi connectivity index (χ3v) is 5.85. The summed E-state index contributed by atoms with van der Waals surface area (Å²) in [5.74, 6) is -0.969. The Kier molecular flexibility index (Phi) is 5.26. The van der Waals surface area contributed by atoms with Crippen LogP contribution in [0.4, 0.5) is 5.69 Å². The Hall–Kier alpha value is -2.38. The van der Waals surface area contributed by atoms with Gasteiger partial charge in [0.2, 0.25) is 10.0 Å². The molecule has 0 amide bonds. The van der Waals surface area contributed by atoms with E-state index in [0.717, 1.165) is 11.8 Å². The van der Waals surface area contributed by atoms with E-state index in [9.17, 15) is 18.0 Å². The van der Waals surface area contributed by atoms with Crippen molar-refractivity contribution in [2.24, 2.45) is 0 Å². The predicted molar refractivity (Wildman–Crippen MR) is 103 cm³/mol. The summed E-state index contributed by atoms with van der Waals surface area (Å²) >= 11 is 5.78. The monoisotopic (exact) mass is 407 g/mol. The van der Waals surface area contributed by atoms with Gasteiger partial charge in [0.05, 0.1) is 17.5 Å². The molecular weight excluding hydrogens is 390 g/mol. The Morgan fingerprint density at radius 2 is 1.78 bits per heavy atom. The van der Waals surface area contributed by atoms with Gasteiger partial charge in [-0.15, -0.1) is 0 Å². The number of Topliss-reactive ketones (excluding diaryl/α,β-unsaturated/α-hetero) is 1. The van der Waals surface area contributed by atoms with Crippen molar-refractivity contribution >= 4 is 39.1 Å². The van der Waals surface area contributed by atoms with Crippen LogP contribution in [0, 0.1) is 0 Å². The Labute approximate surface area is 162 Å². The molecule has 0 aromatic heterocycles. The zero-order valence-corrected chi connectivity index (χ0v) is 16.4. The number of carbonyl (C=O) groups excluding carboxylic acids is 2. The van der Waals surface area contributed by atoms with Crippen LogP contribution < -0.4 is 4.31 Å². The second-order valence-corrected chi connectivity index (χ2v) is 8.76. The minimum atomic E-state index is -3.39. The molecule has 0 saturated heterocycles. The molecule has 0 aliphatic carbocycles. The van der Waals surface area contributed by atoms with Gasteiger partial charge in [0.25, 0.3) is 0 Å². The summed E-state index contributed by atoms with van der Waals surface area (Å²) in [5, 5.41) is 0.513. The van der Waals surface area contributed by atoms with Crippen molar-refractivity contribution < 1.29 is 22.7 Å². The number of halogens is 1. The molecule has 0 fully saturated rings. The normalized spacial score (nSPS) is 16.1. The fourth-order valence-corrected chi connectivity index (χ4v) is 4.56. The van der Waals surface area contributed by atoms with Crippen LogP contribution in [0.25, 0.3) is 0 Å². The fourth-order valence-electron chi connectivity index (χ4n) is 3.17. The van der Waals surface area contributed by atoms with E-state index in [-0.39, 0.29) is 24.0 Å². The molecule has 8 heteroatoms. The number of ketones is 1. The molecule has 1 aliphatic rings. The number of benzene rings is 2. The van der Waals surface area contributed by atoms with Crippen molar-refractivity contribution in [2.45, 2.75) is 19.4 Å². The Bertz CT molecular complexity index is 1000.